The molecule has 0 aliphatic carbocycles. The summed E-state index contributed by atoms with van der Waals surface area (Å²) < 4.78 is 14.7. The van der Waals surface area contributed by atoms with Crippen molar-refractivity contribution in [3.05, 3.63) is 0 Å². The predicted octanol–water partition coefficient (Wildman–Crippen LogP) is 2.92. The maximum atomic E-state index is 6.19. The minimum absolute atomic E-state index is 0.781. The van der Waals surface area contributed by atoms with E-state index in [1.54, 1.807) is 0 Å². The van der Waals surface area contributed by atoms with Gasteiger partial charge in [-0.05, 0) is 0 Å². The summed E-state index contributed by atoms with van der Waals surface area (Å²) in [5.41, 5.74) is 5.57. The molecule has 0 fully saturated rings. The van der Waals surface area contributed by atoms with Crippen LogP contribution in [0.3, 0.4) is 0 Å². The molecule has 0 saturated heterocycles. The van der Waals surface area contributed by atoms with Gasteiger partial charge < -0.3 is 0 Å². The van der Waals surface area contributed by atoms with Crippen molar-refractivity contribution in [2.45, 2.75) is 44.0 Å². The van der Waals surface area contributed by atoms with E-state index in [-0.39, 0.29) is 0 Å². The third-order valence-electron chi connectivity index (χ3n) is 2.51. The second-order valence-corrected chi connectivity index (χ2v) is 15.9. The average molecular weight is 370 g/mol. The van der Waals surface area contributed by atoms with Crippen LogP contribution in [0, 0.1) is 0 Å². The second kappa shape index (κ2) is 12.1. The van der Waals surface area contributed by atoms with Crippen LogP contribution < -0.4 is 5.73 Å². The van der Waals surface area contributed by atoms with Gasteiger partial charge in [0.2, 0.25) is 0 Å². The average Bonchev–Trinajstić information content (AvgIpc) is 2.34. The molecule has 0 atom stereocenters. The predicted molar refractivity (Wildman–Crippen MR) is 79.7 cm³/mol. The fourth-order valence-electron chi connectivity index (χ4n) is 1.68. The monoisotopic (exact) mass is 371 g/mol. The van der Waals surface area contributed by atoms with Gasteiger partial charge in [-0.15, -0.1) is 0 Å². The SMILES string of the molecule is CCC[O][Sn]([CH2]CCCN)([CH2]SC)[O]CCC. The van der Waals surface area contributed by atoms with E-state index in [4.69, 9.17) is 11.9 Å². The number of hydrogen-bond acceptors (Lipinski definition) is 4. The van der Waals surface area contributed by atoms with E-state index in [2.05, 4.69) is 20.1 Å². The summed E-state index contributed by atoms with van der Waals surface area (Å²) in [7, 11) is 0. The molecule has 0 aromatic heterocycles. The molecule has 17 heavy (non-hydrogen) atoms. The number of rotatable bonds is 12. The molecule has 3 nitrogen and oxygen atoms in total. The van der Waals surface area contributed by atoms with Gasteiger partial charge in [-0.2, -0.15) is 0 Å². The van der Waals surface area contributed by atoms with Gasteiger partial charge in [0.05, 0.1) is 0 Å². The molecule has 0 aliphatic rings. The van der Waals surface area contributed by atoms with Crippen molar-refractivity contribution in [3.63, 3.8) is 0 Å². The van der Waals surface area contributed by atoms with Gasteiger partial charge in [0.1, 0.15) is 0 Å². The van der Waals surface area contributed by atoms with Gasteiger partial charge in [0, 0.05) is 0 Å². The van der Waals surface area contributed by atoms with Crippen LogP contribution in [0.25, 0.3) is 0 Å². The molecule has 0 spiro atoms. The normalized spacial score (nSPS) is 12.0. The third kappa shape index (κ3) is 8.70. The van der Waals surface area contributed by atoms with Crippen LogP contribution >= 0.6 is 11.8 Å². The van der Waals surface area contributed by atoms with Crippen molar-refractivity contribution in [2.75, 3.05) is 29.8 Å². The van der Waals surface area contributed by atoms with Crippen LogP contribution in [0.5, 0.6) is 0 Å². The first-order valence-electron chi connectivity index (χ1n) is 6.71. The van der Waals surface area contributed by atoms with Crippen molar-refractivity contribution in [1.29, 1.82) is 0 Å². The Morgan fingerprint density at radius 3 is 2.06 bits per heavy atom. The van der Waals surface area contributed by atoms with Crippen LogP contribution in [0.2, 0.25) is 4.44 Å². The van der Waals surface area contributed by atoms with Crippen molar-refractivity contribution < 1.29 is 6.15 Å². The van der Waals surface area contributed by atoms with Crippen molar-refractivity contribution in [2.24, 2.45) is 5.73 Å². The van der Waals surface area contributed by atoms with Crippen LogP contribution in [0.1, 0.15) is 39.5 Å². The quantitative estimate of drug-likeness (QED) is 0.424. The Morgan fingerprint density at radius 1 is 1.06 bits per heavy atom. The van der Waals surface area contributed by atoms with E-state index in [0.29, 0.717) is 0 Å². The Labute approximate surface area is 116 Å². The van der Waals surface area contributed by atoms with Gasteiger partial charge >= 0.3 is 117 Å². The molecule has 0 unspecified atom stereocenters. The summed E-state index contributed by atoms with van der Waals surface area (Å²) in [4.78, 5) is 0. The minimum atomic E-state index is -2.78. The van der Waals surface area contributed by atoms with E-state index in [1.807, 2.05) is 11.8 Å². The zero-order valence-electron chi connectivity index (χ0n) is 11.7. The van der Waals surface area contributed by atoms with Gasteiger partial charge in [-0.25, -0.2) is 0 Å². The molecular weight excluding hydrogens is 341 g/mol. The summed E-state index contributed by atoms with van der Waals surface area (Å²) in [5, 5.41) is 0. The Morgan fingerprint density at radius 2 is 1.65 bits per heavy atom. The summed E-state index contributed by atoms with van der Waals surface area (Å²) in [6.07, 6.45) is 6.58. The number of hydrogen-bond donors (Lipinski definition) is 1. The van der Waals surface area contributed by atoms with Crippen LogP contribution in [0.4, 0.5) is 0 Å². The van der Waals surface area contributed by atoms with Crippen molar-refractivity contribution in [3.8, 4) is 0 Å². The zero-order valence-corrected chi connectivity index (χ0v) is 15.3. The zero-order chi connectivity index (χ0) is 13.0. The number of thioether (sulfide) groups is 1. The van der Waals surface area contributed by atoms with Crippen LogP contribution in [0.15, 0.2) is 0 Å². The molecule has 5 heteroatoms. The van der Waals surface area contributed by atoms with E-state index in [0.717, 1.165) is 47.2 Å². The Kier molecular flexibility index (Phi) is 12.8. The fourth-order valence-corrected chi connectivity index (χ4v) is 15.5. The third-order valence-corrected chi connectivity index (χ3v) is 16.8. The Balaban J connectivity index is 4.32. The van der Waals surface area contributed by atoms with E-state index < -0.39 is 19.2 Å². The molecular formula is C12H29NO2SSn. The molecule has 2 N–H and O–H groups in total. The molecule has 0 saturated carbocycles. The first-order valence-corrected chi connectivity index (χ1v) is 14.5. The molecule has 0 amide bonds. The van der Waals surface area contributed by atoms with Crippen LogP contribution in [-0.2, 0) is 6.15 Å². The van der Waals surface area contributed by atoms with E-state index >= 15 is 0 Å². The number of nitrogens with two attached hydrogens (primary N) is 1. The maximum absolute atomic E-state index is 6.19. The van der Waals surface area contributed by atoms with Gasteiger partial charge in [-0.3, -0.25) is 0 Å². The Hall–Kier alpha value is 1.03. The fraction of sp³-hybridized carbons (Fsp3) is 1.00. The topological polar surface area (TPSA) is 44.5 Å². The van der Waals surface area contributed by atoms with Gasteiger partial charge in [0.15, 0.2) is 0 Å². The van der Waals surface area contributed by atoms with Crippen LogP contribution in [-0.4, -0.2) is 49.0 Å². The standard InChI is InChI=1S/C4H10N.2C3H7O.C2H5S.Sn/c1-2-3-4-5;2*1-2-3-4;1-3-2;/h1-5H2;2*2-3H2,1H3;1H2,2H3;/q;2*-1;;+2. The molecule has 0 aromatic carbocycles. The van der Waals surface area contributed by atoms with E-state index in [9.17, 15) is 0 Å². The first kappa shape index (κ1) is 18.0. The number of unbranched alkanes of at least 4 members (excludes halogenated alkanes) is 1. The molecule has 0 aliphatic heterocycles. The molecule has 0 bridgehead atoms. The van der Waals surface area contributed by atoms with Gasteiger partial charge in [-0.1, -0.05) is 0 Å². The molecule has 0 rings (SSSR count). The molecule has 0 heterocycles. The first-order chi connectivity index (χ1) is 8.24. The molecule has 0 aromatic rings. The van der Waals surface area contributed by atoms with Gasteiger partial charge in [0.25, 0.3) is 0 Å². The molecule has 104 valence electrons. The Bertz CT molecular complexity index is 165. The summed E-state index contributed by atoms with van der Waals surface area (Å²) in [6, 6.07) is 0. The van der Waals surface area contributed by atoms with E-state index in [1.165, 1.54) is 6.42 Å². The molecule has 0 radical (unpaired) electrons. The second-order valence-electron chi connectivity index (χ2n) is 4.29. The summed E-state index contributed by atoms with van der Waals surface area (Å²) >= 11 is -0.896. The summed E-state index contributed by atoms with van der Waals surface area (Å²) in [5.74, 6) is 0. The van der Waals surface area contributed by atoms with Crippen molar-refractivity contribution in [1.82, 2.24) is 0 Å². The summed E-state index contributed by atoms with van der Waals surface area (Å²) in [6.45, 7) is 6.83. The van der Waals surface area contributed by atoms with Crippen molar-refractivity contribution >= 4 is 31.0 Å².